The van der Waals surface area contributed by atoms with E-state index < -0.39 is 0 Å². The van der Waals surface area contributed by atoms with Crippen molar-refractivity contribution in [3.63, 3.8) is 0 Å². The maximum atomic E-state index is 12.4. The van der Waals surface area contributed by atoms with Gasteiger partial charge in [0, 0.05) is 12.1 Å². The third-order valence-corrected chi connectivity index (χ3v) is 3.17. The van der Waals surface area contributed by atoms with Gasteiger partial charge in [0.2, 0.25) is 0 Å². The number of nitrogen functional groups attached to an aromatic ring is 1. The minimum Gasteiger partial charge on any atom is -0.467 e. The second-order valence-corrected chi connectivity index (χ2v) is 4.54. The van der Waals surface area contributed by atoms with E-state index in [0.717, 1.165) is 5.76 Å². The lowest BCUT2D eigenvalue weighted by atomic mass is 10.1. The van der Waals surface area contributed by atoms with E-state index in [0.29, 0.717) is 29.4 Å². The lowest BCUT2D eigenvalue weighted by molar-refractivity contribution is 0.0741. The number of anilines is 1. The molecule has 1 aromatic carbocycles. The minimum absolute atomic E-state index is 0.0965. The molecule has 2 rings (SSSR count). The van der Waals surface area contributed by atoms with E-state index in [4.69, 9.17) is 21.8 Å². The van der Waals surface area contributed by atoms with Crippen molar-refractivity contribution in [2.45, 2.75) is 13.5 Å². The molecule has 0 atom stereocenters. The predicted molar refractivity (Wildman–Crippen MR) is 75.0 cm³/mol. The topological polar surface area (TPSA) is 59.5 Å². The van der Waals surface area contributed by atoms with E-state index in [2.05, 4.69) is 0 Å². The van der Waals surface area contributed by atoms with Gasteiger partial charge in [-0.3, -0.25) is 4.79 Å². The quantitative estimate of drug-likeness (QED) is 0.874. The van der Waals surface area contributed by atoms with Crippen LogP contribution in [-0.4, -0.2) is 17.4 Å². The molecule has 1 amide bonds. The van der Waals surface area contributed by atoms with Crippen molar-refractivity contribution >= 4 is 23.2 Å². The Bertz CT molecular complexity index is 567. The number of furan rings is 1. The Morgan fingerprint density at radius 2 is 2.21 bits per heavy atom. The number of hydrogen-bond acceptors (Lipinski definition) is 3. The molecule has 4 nitrogen and oxygen atoms in total. The largest absolute Gasteiger partial charge is 0.467 e. The van der Waals surface area contributed by atoms with E-state index >= 15 is 0 Å². The van der Waals surface area contributed by atoms with Crippen LogP contribution in [0.3, 0.4) is 0 Å². The van der Waals surface area contributed by atoms with Crippen LogP contribution in [0, 0.1) is 0 Å². The second-order valence-electron chi connectivity index (χ2n) is 4.13. The Balaban J connectivity index is 2.18. The number of hydrogen-bond donors (Lipinski definition) is 1. The number of halogens is 1. The molecule has 0 unspecified atom stereocenters. The molecule has 19 heavy (non-hydrogen) atoms. The summed E-state index contributed by atoms with van der Waals surface area (Å²) in [5, 5.41) is 0.389. The van der Waals surface area contributed by atoms with E-state index in [-0.39, 0.29) is 5.91 Å². The monoisotopic (exact) mass is 278 g/mol. The summed E-state index contributed by atoms with van der Waals surface area (Å²) >= 11 is 5.93. The first-order chi connectivity index (χ1) is 9.11. The summed E-state index contributed by atoms with van der Waals surface area (Å²) in [6.07, 6.45) is 1.59. The molecule has 2 aromatic rings. The van der Waals surface area contributed by atoms with E-state index in [9.17, 15) is 4.79 Å². The Morgan fingerprint density at radius 3 is 2.79 bits per heavy atom. The zero-order chi connectivity index (χ0) is 13.8. The number of nitrogens with zero attached hydrogens (tertiary/aromatic N) is 1. The normalized spacial score (nSPS) is 10.4. The van der Waals surface area contributed by atoms with Gasteiger partial charge in [0.1, 0.15) is 5.76 Å². The second kappa shape index (κ2) is 5.80. The van der Waals surface area contributed by atoms with Gasteiger partial charge in [0.25, 0.3) is 5.91 Å². The maximum absolute atomic E-state index is 12.4. The molecule has 0 aliphatic carbocycles. The smallest absolute Gasteiger partial charge is 0.254 e. The molecule has 0 bridgehead atoms. The Labute approximate surface area is 116 Å². The summed E-state index contributed by atoms with van der Waals surface area (Å²) in [5.41, 5.74) is 6.62. The van der Waals surface area contributed by atoms with Gasteiger partial charge < -0.3 is 15.1 Å². The summed E-state index contributed by atoms with van der Waals surface area (Å²) in [6.45, 7) is 2.94. The molecular formula is C14H15ClN2O2. The Hall–Kier alpha value is -1.94. The standard InChI is InChI=1S/C14H15ClN2O2/c1-2-17(9-11-4-3-7-19-11)14(18)10-5-6-13(16)12(15)8-10/h3-8H,2,9,16H2,1H3. The first kappa shape index (κ1) is 13.5. The van der Waals surface area contributed by atoms with Gasteiger partial charge in [-0.15, -0.1) is 0 Å². The lowest BCUT2D eigenvalue weighted by Gasteiger charge is -2.20. The molecule has 0 fully saturated rings. The minimum atomic E-state index is -0.0965. The molecule has 0 saturated heterocycles. The van der Waals surface area contributed by atoms with Gasteiger partial charge in [-0.25, -0.2) is 0 Å². The van der Waals surface area contributed by atoms with Crippen LogP contribution in [0.1, 0.15) is 23.0 Å². The van der Waals surface area contributed by atoms with Gasteiger partial charge in [-0.2, -0.15) is 0 Å². The highest BCUT2D eigenvalue weighted by atomic mass is 35.5. The summed E-state index contributed by atoms with van der Waals surface area (Å²) in [6, 6.07) is 8.54. The third kappa shape index (κ3) is 3.09. The van der Waals surface area contributed by atoms with Crippen molar-refractivity contribution in [3.05, 3.63) is 52.9 Å². The number of rotatable bonds is 4. The number of nitrogens with two attached hydrogens (primary N) is 1. The van der Waals surface area contributed by atoms with Crippen LogP contribution in [0.25, 0.3) is 0 Å². The van der Waals surface area contributed by atoms with Gasteiger partial charge in [-0.05, 0) is 37.3 Å². The maximum Gasteiger partial charge on any atom is 0.254 e. The van der Waals surface area contributed by atoms with E-state index in [1.807, 2.05) is 13.0 Å². The average Bonchev–Trinajstić information content (AvgIpc) is 2.91. The molecule has 1 aromatic heterocycles. The fourth-order valence-corrected chi connectivity index (χ4v) is 1.94. The fraction of sp³-hybridized carbons (Fsp3) is 0.214. The highest BCUT2D eigenvalue weighted by Crippen LogP contribution is 2.21. The Morgan fingerprint density at radius 1 is 1.42 bits per heavy atom. The summed E-state index contributed by atoms with van der Waals surface area (Å²) < 4.78 is 5.25. The zero-order valence-corrected chi connectivity index (χ0v) is 11.4. The molecule has 0 spiro atoms. The first-order valence-corrected chi connectivity index (χ1v) is 6.36. The highest BCUT2D eigenvalue weighted by molar-refractivity contribution is 6.33. The molecule has 0 aliphatic rings. The summed E-state index contributed by atoms with van der Waals surface area (Å²) in [4.78, 5) is 14.0. The molecule has 100 valence electrons. The highest BCUT2D eigenvalue weighted by Gasteiger charge is 2.16. The predicted octanol–water partition coefficient (Wildman–Crippen LogP) is 3.18. The van der Waals surface area contributed by atoms with Crippen molar-refractivity contribution in [2.24, 2.45) is 0 Å². The van der Waals surface area contributed by atoms with Crippen molar-refractivity contribution < 1.29 is 9.21 Å². The molecule has 2 N–H and O–H groups in total. The number of benzene rings is 1. The van der Waals surface area contributed by atoms with Crippen molar-refractivity contribution in [3.8, 4) is 0 Å². The zero-order valence-electron chi connectivity index (χ0n) is 10.6. The number of carbonyl (C=O) groups is 1. The van der Waals surface area contributed by atoms with Crippen LogP contribution in [0.2, 0.25) is 5.02 Å². The molecule has 0 aliphatic heterocycles. The van der Waals surface area contributed by atoms with Gasteiger partial charge in [0.15, 0.2) is 0 Å². The van der Waals surface area contributed by atoms with Crippen LogP contribution in [0.15, 0.2) is 41.0 Å². The summed E-state index contributed by atoms with van der Waals surface area (Å²) in [5.74, 6) is 0.651. The molecule has 0 saturated carbocycles. The third-order valence-electron chi connectivity index (χ3n) is 2.84. The summed E-state index contributed by atoms with van der Waals surface area (Å²) in [7, 11) is 0. The Kier molecular flexibility index (Phi) is 4.12. The van der Waals surface area contributed by atoms with E-state index in [1.54, 1.807) is 35.4 Å². The molecule has 0 radical (unpaired) electrons. The molecular weight excluding hydrogens is 264 g/mol. The number of amides is 1. The van der Waals surface area contributed by atoms with Gasteiger partial charge in [-0.1, -0.05) is 11.6 Å². The van der Waals surface area contributed by atoms with Crippen LogP contribution in [-0.2, 0) is 6.54 Å². The van der Waals surface area contributed by atoms with E-state index in [1.165, 1.54) is 0 Å². The lowest BCUT2D eigenvalue weighted by Crippen LogP contribution is -2.30. The van der Waals surface area contributed by atoms with Crippen LogP contribution in [0.5, 0.6) is 0 Å². The van der Waals surface area contributed by atoms with Crippen molar-refractivity contribution in [1.29, 1.82) is 0 Å². The first-order valence-electron chi connectivity index (χ1n) is 5.98. The van der Waals surface area contributed by atoms with Crippen LogP contribution < -0.4 is 5.73 Å². The van der Waals surface area contributed by atoms with Gasteiger partial charge in [0.05, 0.1) is 23.5 Å². The SMILES string of the molecule is CCN(Cc1ccco1)C(=O)c1ccc(N)c(Cl)c1. The fourth-order valence-electron chi connectivity index (χ4n) is 1.76. The molecule has 5 heteroatoms. The van der Waals surface area contributed by atoms with Crippen LogP contribution in [0.4, 0.5) is 5.69 Å². The van der Waals surface area contributed by atoms with Crippen molar-refractivity contribution in [2.75, 3.05) is 12.3 Å². The average molecular weight is 279 g/mol. The molecule has 1 heterocycles. The number of carbonyl (C=O) groups excluding carboxylic acids is 1. The van der Waals surface area contributed by atoms with Crippen LogP contribution >= 0.6 is 11.6 Å². The van der Waals surface area contributed by atoms with Crippen molar-refractivity contribution in [1.82, 2.24) is 4.90 Å². The van der Waals surface area contributed by atoms with Gasteiger partial charge >= 0.3 is 0 Å².